The number of hydrogen-bond acceptors (Lipinski definition) is 5. The van der Waals surface area contributed by atoms with Crippen LogP contribution in [0.5, 0.6) is 0 Å². The van der Waals surface area contributed by atoms with Crippen molar-refractivity contribution in [2.24, 2.45) is 0 Å². The fourth-order valence-electron chi connectivity index (χ4n) is 4.53. The third-order valence-corrected chi connectivity index (χ3v) is 8.18. The predicted octanol–water partition coefficient (Wildman–Crippen LogP) is 3.08. The Balaban J connectivity index is 1.52. The fourth-order valence-corrected chi connectivity index (χ4v) is 6.40. The van der Waals surface area contributed by atoms with Gasteiger partial charge in [-0.05, 0) is 62.1 Å². The molecule has 0 aromatic heterocycles. The maximum Gasteiger partial charge on any atom is 0.337 e. The topological polar surface area (TPSA) is 80.8 Å². The first-order valence-electron chi connectivity index (χ1n) is 9.72. The van der Waals surface area contributed by atoms with Crippen molar-refractivity contribution in [1.29, 1.82) is 0 Å². The van der Waals surface area contributed by atoms with E-state index < -0.39 is 21.1 Å². The van der Waals surface area contributed by atoms with Crippen LogP contribution < -0.4 is 0 Å². The lowest BCUT2D eigenvalue weighted by atomic mass is 10.0. The number of benzene rings is 2. The predicted molar refractivity (Wildman–Crippen MR) is 107 cm³/mol. The van der Waals surface area contributed by atoms with Crippen LogP contribution in [0.2, 0.25) is 0 Å². The number of rotatable bonds is 4. The number of methoxy groups -OCH3 is 1. The van der Waals surface area contributed by atoms with Gasteiger partial charge in [-0.15, -0.1) is 0 Å². The number of nitrogens with zero attached hydrogens (tertiary/aromatic N) is 1. The Morgan fingerprint density at radius 3 is 2.00 bits per heavy atom. The van der Waals surface area contributed by atoms with Crippen LogP contribution in [0.1, 0.15) is 46.4 Å². The van der Waals surface area contributed by atoms with Crippen LogP contribution in [0.25, 0.3) is 0 Å². The summed E-state index contributed by atoms with van der Waals surface area (Å²) >= 11 is 0. The molecule has 1 amide bonds. The second-order valence-corrected chi connectivity index (χ2v) is 9.85. The lowest BCUT2D eigenvalue weighted by molar-refractivity contribution is 0.0586. The second kappa shape index (κ2) is 7.63. The summed E-state index contributed by atoms with van der Waals surface area (Å²) in [5.41, 5.74) is 0.888. The number of fused-ring (bicyclic) bond motifs is 2. The van der Waals surface area contributed by atoms with Crippen LogP contribution in [-0.4, -0.2) is 49.6 Å². The van der Waals surface area contributed by atoms with Crippen molar-refractivity contribution in [3.8, 4) is 0 Å². The third-order valence-electron chi connectivity index (χ3n) is 5.99. The Hall–Kier alpha value is -2.67. The smallest absolute Gasteiger partial charge is 0.337 e. The Kier molecular flexibility index (Phi) is 5.17. The summed E-state index contributed by atoms with van der Waals surface area (Å²) in [6.45, 7) is 0. The molecule has 0 aliphatic carbocycles. The van der Waals surface area contributed by atoms with E-state index in [9.17, 15) is 18.0 Å². The summed E-state index contributed by atoms with van der Waals surface area (Å²) in [5.74, 6) is -0.555. The summed E-state index contributed by atoms with van der Waals surface area (Å²) in [6.07, 6.45) is 2.55. The highest BCUT2D eigenvalue weighted by molar-refractivity contribution is 7.92. The Bertz CT molecular complexity index is 1000. The summed E-state index contributed by atoms with van der Waals surface area (Å²) < 4.78 is 30.8. The average Bonchev–Trinajstić information content (AvgIpc) is 3.02. The molecule has 2 bridgehead atoms. The number of piperidine rings is 1. The van der Waals surface area contributed by atoms with Gasteiger partial charge in [0.2, 0.25) is 0 Å². The number of sulfone groups is 1. The molecule has 6 nitrogen and oxygen atoms in total. The zero-order chi connectivity index (χ0) is 20.6. The van der Waals surface area contributed by atoms with E-state index >= 15 is 0 Å². The molecule has 7 heteroatoms. The van der Waals surface area contributed by atoms with E-state index in [1.54, 1.807) is 54.6 Å². The van der Waals surface area contributed by atoms with Crippen LogP contribution in [0.15, 0.2) is 59.5 Å². The van der Waals surface area contributed by atoms with Crippen molar-refractivity contribution in [2.75, 3.05) is 7.11 Å². The normalized spacial score (nSPS) is 23.6. The van der Waals surface area contributed by atoms with E-state index in [2.05, 4.69) is 4.74 Å². The van der Waals surface area contributed by atoms with Crippen molar-refractivity contribution < 1.29 is 22.7 Å². The van der Waals surface area contributed by atoms with Gasteiger partial charge in [0.1, 0.15) is 0 Å². The van der Waals surface area contributed by atoms with E-state index in [1.165, 1.54) is 7.11 Å². The minimum absolute atomic E-state index is 0.0787. The van der Waals surface area contributed by atoms with Crippen LogP contribution in [0.4, 0.5) is 0 Å². The third kappa shape index (κ3) is 3.55. The minimum atomic E-state index is -3.41. The molecule has 0 N–H and O–H groups in total. The highest BCUT2D eigenvalue weighted by Gasteiger charge is 2.47. The van der Waals surface area contributed by atoms with Crippen LogP contribution >= 0.6 is 0 Å². The zero-order valence-corrected chi connectivity index (χ0v) is 17.0. The summed E-state index contributed by atoms with van der Waals surface area (Å²) in [5, 5.41) is -0.465. The molecule has 4 rings (SSSR count). The van der Waals surface area contributed by atoms with Gasteiger partial charge in [-0.3, -0.25) is 4.79 Å². The quantitative estimate of drug-likeness (QED) is 0.720. The van der Waals surface area contributed by atoms with Gasteiger partial charge >= 0.3 is 5.97 Å². The molecule has 2 saturated heterocycles. The standard InChI is InChI=1S/C22H23NO5S/c1-28-22(25)16-9-7-15(8-10-16)21(24)23-17-11-12-18(23)14-20(13-17)29(26,27)19-5-3-2-4-6-19/h2-10,17-18,20H,11-14H2,1H3/t17-,18-/m0/s1. The largest absolute Gasteiger partial charge is 0.465 e. The Labute approximate surface area is 170 Å². The van der Waals surface area contributed by atoms with Crippen molar-refractivity contribution in [2.45, 2.75) is 47.9 Å². The van der Waals surface area contributed by atoms with E-state index in [1.807, 2.05) is 4.90 Å². The number of carbonyl (C=O) groups excluding carboxylic acids is 2. The highest BCUT2D eigenvalue weighted by atomic mass is 32.2. The molecule has 2 aliphatic rings. The molecule has 2 heterocycles. The molecular formula is C22H23NO5S. The van der Waals surface area contributed by atoms with Crippen LogP contribution in [0, 0.1) is 0 Å². The lowest BCUT2D eigenvalue weighted by Gasteiger charge is -2.38. The average molecular weight is 413 g/mol. The highest BCUT2D eigenvalue weighted by Crippen LogP contribution is 2.40. The number of esters is 1. The van der Waals surface area contributed by atoms with Gasteiger partial charge in [0.05, 0.1) is 22.8 Å². The van der Waals surface area contributed by atoms with Crippen molar-refractivity contribution in [1.82, 2.24) is 4.90 Å². The number of amides is 1. The Morgan fingerprint density at radius 2 is 1.45 bits per heavy atom. The van der Waals surface area contributed by atoms with Gasteiger partial charge in [0.15, 0.2) is 9.84 Å². The van der Waals surface area contributed by atoms with E-state index in [-0.39, 0.29) is 18.0 Å². The first-order chi connectivity index (χ1) is 13.9. The van der Waals surface area contributed by atoms with Gasteiger partial charge in [0, 0.05) is 17.6 Å². The first-order valence-corrected chi connectivity index (χ1v) is 11.3. The number of carbonyl (C=O) groups is 2. The maximum absolute atomic E-state index is 13.1. The second-order valence-electron chi connectivity index (χ2n) is 7.62. The molecule has 0 unspecified atom stereocenters. The lowest BCUT2D eigenvalue weighted by Crippen LogP contribution is -2.49. The number of ether oxygens (including phenoxy) is 1. The zero-order valence-electron chi connectivity index (χ0n) is 16.2. The van der Waals surface area contributed by atoms with E-state index in [0.717, 1.165) is 12.8 Å². The van der Waals surface area contributed by atoms with Crippen molar-refractivity contribution in [3.05, 3.63) is 65.7 Å². The van der Waals surface area contributed by atoms with Gasteiger partial charge in [-0.25, -0.2) is 13.2 Å². The van der Waals surface area contributed by atoms with Gasteiger partial charge in [-0.1, -0.05) is 18.2 Å². The molecule has 0 radical (unpaired) electrons. The SMILES string of the molecule is COC(=O)c1ccc(C(=O)N2[C@H]3CC[C@H]2CC(S(=O)(=O)c2ccccc2)C3)cc1. The van der Waals surface area contributed by atoms with Crippen molar-refractivity contribution in [3.63, 3.8) is 0 Å². The molecule has 2 atom stereocenters. The Morgan fingerprint density at radius 1 is 0.897 bits per heavy atom. The first kappa shape index (κ1) is 19.6. The molecule has 2 aromatic rings. The molecule has 0 spiro atoms. The summed E-state index contributed by atoms with van der Waals surface area (Å²) in [6, 6.07) is 14.8. The van der Waals surface area contributed by atoms with Gasteiger partial charge < -0.3 is 9.64 Å². The minimum Gasteiger partial charge on any atom is -0.465 e. The summed E-state index contributed by atoms with van der Waals surface area (Å²) in [4.78, 5) is 26.9. The summed E-state index contributed by atoms with van der Waals surface area (Å²) in [7, 11) is -2.10. The fraction of sp³-hybridized carbons (Fsp3) is 0.364. The van der Waals surface area contributed by atoms with Gasteiger partial charge in [0.25, 0.3) is 5.91 Å². The van der Waals surface area contributed by atoms with E-state index in [4.69, 9.17) is 0 Å². The molecule has 152 valence electrons. The monoisotopic (exact) mass is 413 g/mol. The molecular weight excluding hydrogens is 390 g/mol. The van der Waals surface area contributed by atoms with Crippen molar-refractivity contribution >= 4 is 21.7 Å². The maximum atomic E-state index is 13.1. The molecule has 2 aromatic carbocycles. The number of hydrogen-bond donors (Lipinski definition) is 0. The van der Waals surface area contributed by atoms with Gasteiger partial charge in [-0.2, -0.15) is 0 Å². The van der Waals surface area contributed by atoms with Crippen LogP contribution in [-0.2, 0) is 14.6 Å². The molecule has 29 heavy (non-hydrogen) atoms. The van der Waals surface area contributed by atoms with E-state index in [0.29, 0.717) is 28.9 Å². The molecule has 2 aliphatic heterocycles. The van der Waals surface area contributed by atoms with Crippen LogP contribution in [0.3, 0.4) is 0 Å². The molecule has 2 fully saturated rings. The molecule has 0 saturated carbocycles.